The van der Waals surface area contributed by atoms with Gasteiger partial charge in [-0.25, -0.2) is 8.78 Å². The van der Waals surface area contributed by atoms with Gasteiger partial charge in [0.15, 0.2) is 11.6 Å². The fourth-order valence-electron chi connectivity index (χ4n) is 3.11. The second-order valence-electron chi connectivity index (χ2n) is 5.61. The summed E-state index contributed by atoms with van der Waals surface area (Å²) in [6.07, 6.45) is 2.16. The summed E-state index contributed by atoms with van der Waals surface area (Å²) in [6.45, 7) is 5.56. The molecule has 19 heavy (non-hydrogen) atoms. The largest absolute Gasteiger partial charge is 0.329 e. The third kappa shape index (κ3) is 2.95. The number of hydrogen-bond donors (Lipinski definition) is 1. The minimum Gasteiger partial charge on any atom is -0.329 e. The van der Waals surface area contributed by atoms with Crippen molar-refractivity contribution >= 4 is 0 Å². The van der Waals surface area contributed by atoms with Crippen LogP contribution >= 0.6 is 0 Å². The number of nitrogens with zero attached hydrogens (tertiary/aromatic N) is 1. The van der Waals surface area contributed by atoms with Crippen LogP contribution < -0.4 is 5.73 Å². The Morgan fingerprint density at radius 2 is 2.11 bits per heavy atom. The normalized spacial score (nSPS) is 26.4. The third-order valence-electron chi connectivity index (χ3n) is 4.15. The van der Waals surface area contributed by atoms with E-state index in [1.54, 1.807) is 12.1 Å². The number of rotatable bonds is 3. The summed E-state index contributed by atoms with van der Waals surface area (Å²) in [5.74, 6) is -0.875. The molecule has 3 unspecified atom stereocenters. The number of piperidine rings is 1. The van der Waals surface area contributed by atoms with E-state index in [0.29, 0.717) is 24.1 Å². The first-order chi connectivity index (χ1) is 9.04. The SMILES string of the molecule is CC1CCN(C(CN)c2cccc(F)c2F)C(C)C1. The smallest absolute Gasteiger partial charge is 0.163 e. The first-order valence-corrected chi connectivity index (χ1v) is 6.94. The highest BCUT2D eigenvalue weighted by molar-refractivity contribution is 5.23. The Morgan fingerprint density at radius 1 is 1.37 bits per heavy atom. The van der Waals surface area contributed by atoms with Crippen LogP contribution in [0.2, 0.25) is 0 Å². The van der Waals surface area contributed by atoms with E-state index in [-0.39, 0.29) is 6.04 Å². The van der Waals surface area contributed by atoms with E-state index in [9.17, 15) is 8.78 Å². The van der Waals surface area contributed by atoms with Gasteiger partial charge in [0.1, 0.15) is 0 Å². The van der Waals surface area contributed by atoms with E-state index in [1.807, 2.05) is 0 Å². The molecule has 106 valence electrons. The topological polar surface area (TPSA) is 29.3 Å². The molecule has 1 aliphatic heterocycles. The highest BCUT2D eigenvalue weighted by Crippen LogP contribution is 2.31. The van der Waals surface area contributed by atoms with Gasteiger partial charge in [-0.15, -0.1) is 0 Å². The maximum atomic E-state index is 13.9. The zero-order valence-corrected chi connectivity index (χ0v) is 11.6. The maximum absolute atomic E-state index is 13.9. The van der Waals surface area contributed by atoms with Gasteiger partial charge in [-0.3, -0.25) is 4.90 Å². The third-order valence-corrected chi connectivity index (χ3v) is 4.15. The zero-order chi connectivity index (χ0) is 14.0. The molecule has 1 aliphatic rings. The average Bonchev–Trinajstić information content (AvgIpc) is 2.37. The zero-order valence-electron chi connectivity index (χ0n) is 11.6. The number of halogens is 2. The molecule has 4 heteroatoms. The minimum atomic E-state index is -0.797. The predicted molar refractivity (Wildman–Crippen MR) is 72.7 cm³/mol. The molecule has 0 amide bonds. The van der Waals surface area contributed by atoms with Gasteiger partial charge in [-0.05, 0) is 38.3 Å². The van der Waals surface area contributed by atoms with Crippen molar-refractivity contribution in [3.8, 4) is 0 Å². The summed E-state index contributed by atoms with van der Waals surface area (Å²) in [5, 5.41) is 0. The van der Waals surface area contributed by atoms with Crippen LogP contribution in [0.3, 0.4) is 0 Å². The van der Waals surface area contributed by atoms with Gasteiger partial charge in [-0.1, -0.05) is 19.1 Å². The first kappa shape index (κ1) is 14.4. The second-order valence-corrected chi connectivity index (χ2v) is 5.61. The van der Waals surface area contributed by atoms with Crippen molar-refractivity contribution in [2.24, 2.45) is 11.7 Å². The Bertz CT molecular complexity index is 436. The summed E-state index contributed by atoms with van der Waals surface area (Å²) in [5.41, 5.74) is 6.20. The van der Waals surface area contributed by atoms with Gasteiger partial charge in [-0.2, -0.15) is 0 Å². The summed E-state index contributed by atoms with van der Waals surface area (Å²) < 4.78 is 27.3. The molecular weight excluding hydrogens is 246 g/mol. The Labute approximate surface area is 113 Å². The Balaban J connectivity index is 2.27. The average molecular weight is 268 g/mol. The van der Waals surface area contributed by atoms with Crippen LogP contribution in [0.25, 0.3) is 0 Å². The van der Waals surface area contributed by atoms with E-state index < -0.39 is 11.6 Å². The summed E-state index contributed by atoms with van der Waals surface area (Å²) in [4.78, 5) is 2.21. The molecule has 0 bridgehead atoms. The van der Waals surface area contributed by atoms with E-state index in [0.717, 1.165) is 25.5 Å². The molecule has 3 atom stereocenters. The van der Waals surface area contributed by atoms with E-state index in [1.165, 1.54) is 0 Å². The van der Waals surface area contributed by atoms with Crippen molar-refractivity contribution in [2.75, 3.05) is 13.1 Å². The molecule has 0 spiro atoms. The standard InChI is InChI=1S/C15H22F2N2/c1-10-6-7-19(11(2)8-10)14(9-18)12-4-3-5-13(16)15(12)17/h3-5,10-11,14H,6-9,18H2,1-2H3. The Morgan fingerprint density at radius 3 is 2.74 bits per heavy atom. The highest BCUT2D eigenvalue weighted by Gasteiger charge is 2.30. The fraction of sp³-hybridized carbons (Fsp3) is 0.600. The van der Waals surface area contributed by atoms with Crippen molar-refractivity contribution in [3.05, 3.63) is 35.4 Å². The molecule has 1 aromatic carbocycles. The van der Waals surface area contributed by atoms with Gasteiger partial charge < -0.3 is 5.73 Å². The maximum Gasteiger partial charge on any atom is 0.163 e. The van der Waals surface area contributed by atoms with Crippen LogP contribution in [0.15, 0.2) is 18.2 Å². The van der Waals surface area contributed by atoms with Crippen molar-refractivity contribution in [2.45, 2.75) is 38.8 Å². The second kappa shape index (κ2) is 5.97. The lowest BCUT2D eigenvalue weighted by molar-refractivity contribution is 0.0827. The molecule has 0 saturated carbocycles. The fourth-order valence-corrected chi connectivity index (χ4v) is 3.11. The van der Waals surface area contributed by atoms with Gasteiger partial charge in [0, 0.05) is 18.2 Å². The van der Waals surface area contributed by atoms with E-state index in [4.69, 9.17) is 5.73 Å². The molecule has 1 fully saturated rings. The molecule has 0 radical (unpaired) electrons. The van der Waals surface area contributed by atoms with Gasteiger partial charge >= 0.3 is 0 Å². The number of likely N-dealkylation sites (tertiary alicyclic amines) is 1. The molecule has 1 saturated heterocycles. The molecular formula is C15H22F2N2. The van der Waals surface area contributed by atoms with Gasteiger partial charge in [0.05, 0.1) is 6.04 Å². The van der Waals surface area contributed by atoms with Crippen molar-refractivity contribution in [1.82, 2.24) is 4.90 Å². The molecule has 2 rings (SSSR count). The Kier molecular flexibility index (Phi) is 4.53. The predicted octanol–water partition coefficient (Wildman–Crippen LogP) is 3.09. The van der Waals surface area contributed by atoms with Crippen LogP contribution in [-0.4, -0.2) is 24.0 Å². The summed E-state index contributed by atoms with van der Waals surface area (Å²) in [6, 6.07) is 4.45. The quantitative estimate of drug-likeness (QED) is 0.912. The summed E-state index contributed by atoms with van der Waals surface area (Å²) in [7, 11) is 0. The van der Waals surface area contributed by atoms with Crippen molar-refractivity contribution < 1.29 is 8.78 Å². The number of hydrogen-bond acceptors (Lipinski definition) is 2. The summed E-state index contributed by atoms with van der Waals surface area (Å²) >= 11 is 0. The van der Waals surface area contributed by atoms with Crippen LogP contribution in [-0.2, 0) is 0 Å². The van der Waals surface area contributed by atoms with Crippen molar-refractivity contribution in [3.63, 3.8) is 0 Å². The lowest BCUT2D eigenvalue weighted by atomic mass is 9.90. The molecule has 0 aliphatic carbocycles. The lowest BCUT2D eigenvalue weighted by Gasteiger charge is -2.41. The highest BCUT2D eigenvalue weighted by atomic mass is 19.2. The van der Waals surface area contributed by atoms with Crippen LogP contribution in [0.4, 0.5) is 8.78 Å². The number of benzene rings is 1. The molecule has 2 nitrogen and oxygen atoms in total. The minimum absolute atomic E-state index is 0.238. The molecule has 0 aromatic heterocycles. The van der Waals surface area contributed by atoms with Crippen LogP contribution in [0.5, 0.6) is 0 Å². The number of nitrogens with two attached hydrogens (primary N) is 1. The van der Waals surface area contributed by atoms with Crippen molar-refractivity contribution in [1.29, 1.82) is 0 Å². The molecule has 1 aromatic rings. The van der Waals surface area contributed by atoms with Crippen LogP contribution in [0, 0.1) is 17.6 Å². The Hall–Kier alpha value is -1.00. The first-order valence-electron chi connectivity index (χ1n) is 6.94. The lowest BCUT2D eigenvalue weighted by Crippen LogP contribution is -2.45. The van der Waals surface area contributed by atoms with Gasteiger partial charge in [0.2, 0.25) is 0 Å². The molecule has 2 N–H and O–H groups in total. The monoisotopic (exact) mass is 268 g/mol. The molecule has 1 heterocycles. The van der Waals surface area contributed by atoms with Crippen LogP contribution in [0.1, 0.15) is 38.3 Å². The van der Waals surface area contributed by atoms with E-state index in [2.05, 4.69) is 18.7 Å². The van der Waals surface area contributed by atoms with E-state index >= 15 is 0 Å². The van der Waals surface area contributed by atoms with Gasteiger partial charge in [0.25, 0.3) is 0 Å².